The molecule has 0 unspecified atom stereocenters. The van der Waals surface area contributed by atoms with Crippen LogP contribution in [0.3, 0.4) is 0 Å². The molecule has 0 amide bonds. The van der Waals surface area contributed by atoms with Gasteiger partial charge in [-0.2, -0.15) is 5.10 Å². The molecule has 90 valence electrons. The third-order valence-electron chi connectivity index (χ3n) is 2.49. The molecule has 4 heteroatoms. The normalized spacial score (nSPS) is 10.8. The van der Waals surface area contributed by atoms with Gasteiger partial charge in [-0.1, -0.05) is 12.1 Å². The molecular weight excluding hydrogens is 214 g/mol. The summed E-state index contributed by atoms with van der Waals surface area (Å²) < 4.78 is 7.52. The first-order chi connectivity index (χ1) is 8.16. The Balaban J connectivity index is 2.00. The van der Waals surface area contributed by atoms with Crippen molar-refractivity contribution in [1.29, 1.82) is 0 Å². The zero-order valence-corrected chi connectivity index (χ0v) is 10.1. The highest BCUT2D eigenvalue weighted by Gasteiger charge is 2.04. The van der Waals surface area contributed by atoms with E-state index in [0.717, 1.165) is 5.69 Å². The molecule has 0 atom stereocenters. The van der Waals surface area contributed by atoms with Gasteiger partial charge in [0.2, 0.25) is 0 Å². The molecular formula is C13H17N3O. The van der Waals surface area contributed by atoms with Crippen molar-refractivity contribution >= 4 is 5.69 Å². The molecule has 0 fully saturated rings. The highest BCUT2D eigenvalue weighted by atomic mass is 16.5. The van der Waals surface area contributed by atoms with Crippen LogP contribution in [-0.2, 0) is 6.61 Å². The molecule has 1 aromatic heterocycles. The quantitative estimate of drug-likeness (QED) is 0.823. The van der Waals surface area contributed by atoms with E-state index in [1.165, 1.54) is 0 Å². The lowest BCUT2D eigenvalue weighted by Crippen LogP contribution is -2.04. The fraction of sp³-hybridized carbons (Fsp3) is 0.308. The van der Waals surface area contributed by atoms with E-state index in [9.17, 15) is 0 Å². The Morgan fingerprint density at radius 2 is 2.06 bits per heavy atom. The molecule has 0 spiro atoms. The van der Waals surface area contributed by atoms with Crippen molar-refractivity contribution in [2.45, 2.75) is 26.5 Å². The molecule has 0 radical (unpaired) electrons. The van der Waals surface area contributed by atoms with Gasteiger partial charge in [0.05, 0.1) is 11.4 Å². The van der Waals surface area contributed by atoms with Crippen LogP contribution < -0.4 is 10.5 Å². The standard InChI is InChI=1S/C13H17N3O/c1-10(2)16-8-7-11(15-16)9-17-13-6-4-3-5-12(13)14/h3-8,10H,9,14H2,1-2H3. The summed E-state index contributed by atoms with van der Waals surface area (Å²) in [7, 11) is 0. The smallest absolute Gasteiger partial charge is 0.142 e. The lowest BCUT2D eigenvalue weighted by molar-refractivity contribution is 0.300. The van der Waals surface area contributed by atoms with Gasteiger partial charge in [-0.3, -0.25) is 4.68 Å². The number of hydrogen-bond acceptors (Lipinski definition) is 3. The Morgan fingerprint density at radius 3 is 2.71 bits per heavy atom. The maximum absolute atomic E-state index is 5.79. The number of hydrogen-bond donors (Lipinski definition) is 1. The number of ether oxygens (including phenoxy) is 1. The molecule has 0 bridgehead atoms. The van der Waals surface area contributed by atoms with E-state index in [-0.39, 0.29) is 0 Å². The highest BCUT2D eigenvalue weighted by Crippen LogP contribution is 2.20. The Labute approximate surface area is 101 Å². The fourth-order valence-corrected chi connectivity index (χ4v) is 1.51. The molecule has 0 aliphatic heterocycles. The molecule has 0 aliphatic carbocycles. The molecule has 2 N–H and O–H groups in total. The molecule has 4 nitrogen and oxygen atoms in total. The maximum Gasteiger partial charge on any atom is 0.142 e. The summed E-state index contributed by atoms with van der Waals surface area (Å²) in [5.74, 6) is 0.701. The summed E-state index contributed by atoms with van der Waals surface area (Å²) >= 11 is 0. The first kappa shape index (κ1) is 11.5. The van der Waals surface area contributed by atoms with Gasteiger partial charge >= 0.3 is 0 Å². The lowest BCUT2D eigenvalue weighted by Gasteiger charge is -2.07. The van der Waals surface area contributed by atoms with E-state index in [1.54, 1.807) is 0 Å². The highest BCUT2D eigenvalue weighted by molar-refractivity contribution is 5.51. The number of anilines is 1. The van der Waals surface area contributed by atoms with Gasteiger partial charge in [0.25, 0.3) is 0 Å². The van der Waals surface area contributed by atoms with E-state index in [4.69, 9.17) is 10.5 Å². The number of rotatable bonds is 4. The molecule has 17 heavy (non-hydrogen) atoms. The average Bonchev–Trinajstić information content (AvgIpc) is 2.77. The molecule has 0 saturated carbocycles. The zero-order valence-electron chi connectivity index (χ0n) is 10.1. The first-order valence-corrected chi connectivity index (χ1v) is 5.68. The Bertz CT molecular complexity index is 491. The number of benzene rings is 1. The minimum Gasteiger partial charge on any atom is -0.485 e. The van der Waals surface area contributed by atoms with E-state index >= 15 is 0 Å². The van der Waals surface area contributed by atoms with E-state index in [1.807, 2.05) is 41.2 Å². The number of nitrogen functional groups attached to an aromatic ring is 1. The maximum atomic E-state index is 5.79. The summed E-state index contributed by atoms with van der Waals surface area (Å²) in [6.45, 7) is 4.62. The largest absolute Gasteiger partial charge is 0.485 e. The minimum atomic E-state index is 0.366. The molecule has 0 aliphatic rings. The third kappa shape index (κ3) is 2.78. The second-order valence-corrected chi connectivity index (χ2v) is 4.21. The lowest BCUT2D eigenvalue weighted by atomic mass is 10.3. The Hall–Kier alpha value is -1.97. The topological polar surface area (TPSA) is 53.1 Å². The van der Waals surface area contributed by atoms with Crippen molar-refractivity contribution in [1.82, 2.24) is 9.78 Å². The van der Waals surface area contributed by atoms with Crippen LogP contribution >= 0.6 is 0 Å². The van der Waals surface area contributed by atoms with Gasteiger partial charge in [-0.15, -0.1) is 0 Å². The van der Waals surface area contributed by atoms with Gasteiger partial charge in [0, 0.05) is 12.2 Å². The molecule has 0 saturated heterocycles. The van der Waals surface area contributed by atoms with Gasteiger partial charge in [-0.25, -0.2) is 0 Å². The van der Waals surface area contributed by atoms with Gasteiger partial charge in [0.15, 0.2) is 0 Å². The van der Waals surface area contributed by atoms with Crippen molar-refractivity contribution in [3.05, 3.63) is 42.2 Å². The van der Waals surface area contributed by atoms with Crippen LogP contribution in [0.4, 0.5) is 5.69 Å². The summed E-state index contributed by atoms with van der Waals surface area (Å²) in [5.41, 5.74) is 7.34. The fourth-order valence-electron chi connectivity index (χ4n) is 1.51. The van der Waals surface area contributed by atoms with Gasteiger partial charge in [0.1, 0.15) is 12.4 Å². The van der Waals surface area contributed by atoms with Crippen LogP contribution in [-0.4, -0.2) is 9.78 Å². The van der Waals surface area contributed by atoms with Crippen LogP contribution in [0.15, 0.2) is 36.5 Å². The zero-order chi connectivity index (χ0) is 12.3. The second kappa shape index (κ2) is 4.91. The summed E-state index contributed by atoms with van der Waals surface area (Å²) in [6, 6.07) is 9.79. The van der Waals surface area contributed by atoms with Crippen molar-refractivity contribution in [3.8, 4) is 5.75 Å². The summed E-state index contributed by atoms with van der Waals surface area (Å²) in [4.78, 5) is 0. The van der Waals surface area contributed by atoms with E-state index in [2.05, 4.69) is 18.9 Å². The van der Waals surface area contributed by atoms with Crippen LogP contribution in [0.1, 0.15) is 25.6 Å². The Kier molecular flexibility index (Phi) is 3.32. The molecule has 2 rings (SSSR count). The SMILES string of the molecule is CC(C)n1ccc(COc2ccccc2N)n1. The average molecular weight is 231 g/mol. The van der Waals surface area contributed by atoms with Crippen molar-refractivity contribution in [3.63, 3.8) is 0 Å². The van der Waals surface area contributed by atoms with Crippen LogP contribution in [0.25, 0.3) is 0 Å². The monoisotopic (exact) mass is 231 g/mol. The van der Waals surface area contributed by atoms with E-state index in [0.29, 0.717) is 24.1 Å². The van der Waals surface area contributed by atoms with Crippen LogP contribution in [0, 0.1) is 0 Å². The minimum absolute atomic E-state index is 0.366. The summed E-state index contributed by atoms with van der Waals surface area (Å²) in [6.07, 6.45) is 1.96. The van der Waals surface area contributed by atoms with Gasteiger partial charge < -0.3 is 10.5 Å². The first-order valence-electron chi connectivity index (χ1n) is 5.68. The van der Waals surface area contributed by atoms with Crippen molar-refractivity contribution in [2.24, 2.45) is 0 Å². The number of aromatic nitrogens is 2. The number of nitrogens with zero attached hydrogens (tertiary/aromatic N) is 2. The number of para-hydroxylation sites is 2. The van der Waals surface area contributed by atoms with Crippen LogP contribution in [0.5, 0.6) is 5.75 Å². The Morgan fingerprint density at radius 1 is 1.29 bits per heavy atom. The van der Waals surface area contributed by atoms with Crippen molar-refractivity contribution in [2.75, 3.05) is 5.73 Å². The van der Waals surface area contributed by atoms with E-state index < -0.39 is 0 Å². The second-order valence-electron chi connectivity index (χ2n) is 4.21. The summed E-state index contributed by atoms with van der Waals surface area (Å²) in [5, 5.41) is 4.41. The third-order valence-corrected chi connectivity index (χ3v) is 2.49. The predicted octanol–water partition coefficient (Wildman–Crippen LogP) is 2.63. The molecule has 1 heterocycles. The molecule has 1 aromatic carbocycles. The molecule has 2 aromatic rings. The van der Waals surface area contributed by atoms with Crippen LogP contribution in [0.2, 0.25) is 0 Å². The van der Waals surface area contributed by atoms with Crippen molar-refractivity contribution < 1.29 is 4.74 Å². The predicted molar refractivity (Wildman–Crippen MR) is 67.8 cm³/mol. The van der Waals surface area contributed by atoms with Gasteiger partial charge in [-0.05, 0) is 32.0 Å². The number of nitrogens with two attached hydrogens (primary N) is 1.